The Morgan fingerprint density at radius 2 is 2.08 bits per heavy atom. The van der Waals surface area contributed by atoms with Gasteiger partial charge in [0.05, 0.1) is 6.54 Å². The number of guanidine groups is 1. The fourth-order valence-electron chi connectivity index (χ4n) is 2.72. The third-order valence-corrected chi connectivity index (χ3v) is 4.11. The molecular weight excluding hydrogens is 324 g/mol. The van der Waals surface area contributed by atoms with Crippen molar-refractivity contribution in [1.82, 2.24) is 25.4 Å². The van der Waals surface area contributed by atoms with E-state index in [1.807, 2.05) is 24.4 Å². The maximum Gasteiger partial charge on any atom is 0.191 e. The van der Waals surface area contributed by atoms with Gasteiger partial charge in [0.25, 0.3) is 0 Å². The number of rotatable bonds is 9. The summed E-state index contributed by atoms with van der Waals surface area (Å²) >= 11 is 0. The number of nitrogens with zero attached hydrogens (tertiary/aromatic N) is 4. The van der Waals surface area contributed by atoms with Crippen molar-refractivity contribution in [3.63, 3.8) is 0 Å². The Morgan fingerprint density at radius 3 is 2.77 bits per heavy atom. The van der Waals surface area contributed by atoms with Crippen LogP contribution in [0.4, 0.5) is 0 Å². The van der Waals surface area contributed by atoms with Crippen molar-refractivity contribution in [3.05, 3.63) is 42.4 Å². The van der Waals surface area contributed by atoms with Crippen LogP contribution >= 0.6 is 0 Å². The molecule has 0 aromatic carbocycles. The van der Waals surface area contributed by atoms with Crippen LogP contribution in [-0.4, -0.2) is 33.3 Å². The number of aliphatic imine (C=N–C) groups is 1. The largest absolute Gasteiger partial charge is 0.357 e. The van der Waals surface area contributed by atoms with Crippen LogP contribution in [0.1, 0.15) is 52.5 Å². The van der Waals surface area contributed by atoms with Gasteiger partial charge in [-0.1, -0.05) is 26.7 Å². The third kappa shape index (κ3) is 6.86. The van der Waals surface area contributed by atoms with Crippen LogP contribution in [0.3, 0.4) is 0 Å². The molecule has 0 saturated carbocycles. The fraction of sp³-hybridized carbons (Fsp3) is 0.550. The van der Waals surface area contributed by atoms with Gasteiger partial charge in [0.15, 0.2) is 11.8 Å². The molecule has 1 atom stereocenters. The molecule has 0 saturated heterocycles. The summed E-state index contributed by atoms with van der Waals surface area (Å²) < 4.78 is 1.76. The van der Waals surface area contributed by atoms with Crippen molar-refractivity contribution in [2.75, 3.05) is 6.54 Å². The van der Waals surface area contributed by atoms with Gasteiger partial charge in [-0.3, -0.25) is 0 Å². The lowest BCUT2D eigenvalue weighted by Crippen LogP contribution is -2.42. The topological polar surface area (TPSA) is 67.1 Å². The standard InChI is InChI=1S/C20H32N6/c1-5-21-20(25-17(4)9-6-8-16(2)3)23-15-18-10-12-22-19(14-18)26-13-7-11-24-26/h7,10-14,16-17H,5-6,8-9,15H2,1-4H3,(H2,21,23,25). The highest BCUT2D eigenvalue weighted by molar-refractivity contribution is 5.80. The minimum absolute atomic E-state index is 0.406. The van der Waals surface area contributed by atoms with Crippen molar-refractivity contribution < 1.29 is 0 Å². The zero-order chi connectivity index (χ0) is 18.8. The Balaban J connectivity index is 1.94. The molecule has 2 aromatic heterocycles. The summed E-state index contributed by atoms with van der Waals surface area (Å²) in [6.45, 7) is 10.3. The molecule has 2 aromatic rings. The molecular formula is C20H32N6. The molecule has 26 heavy (non-hydrogen) atoms. The van der Waals surface area contributed by atoms with E-state index < -0.39 is 0 Å². The minimum atomic E-state index is 0.406. The second kappa shape index (κ2) is 10.6. The summed E-state index contributed by atoms with van der Waals surface area (Å²) in [5.74, 6) is 2.43. The molecule has 6 heteroatoms. The van der Waals surface area contributed by atoms with Crippen molar-refractivity contribution in [2.24, 2.45) is 10.9 Å². The lowest BCUT2D eigenvalue weighted by molar-refractivity contribution is 0.491. The molecule has 2 heterocycles. The molecule has 2 N–H and O–H groups in total. The smallest absolute Gasteiger partial charge is 0.191 e. The molecule has 0 radical (unpaired) electrons. The number of nitrogens with one attached hydrogen (secondary N) is 2. The van der Waals surface area contributed by atoms with Crippen molar-refractivity contribution in [2.45, 2.75) is 59.5 Å². The maximum atomic E-state index is 4.73. The predicted octanol–water partition coefficient (Wildman–Crippen LogP) is 3.54. The Labute approximate surface area is 157 Å². The van der Waals surface area contributed by atoms with E-state index in [0.717, 1.165) is 36.2 Å². The molecule has 6 nitrogen and oxygen atoms in total. The quantitative estimate of drug-likeness (QED) is 0.533. The van der Waals surface area contributed by atoms with E-state index >= 15 is 0 Å². The van der Waals surface area contributed by atoms with Crippen LogP contribution in [0, 0.1) is 5.92 Å². The molecule has 0 aliphatic rings. The normalized spacial score (nSPS) is 13.0. The summed E-state index contributed by atoms with van der Waals surface area (Å²) in [5.41, 5.74) is 1.11. The highest BCUT2D eigenvalue weighted by Gasteiger charge is 2.06. The molecule has 0 amide bonds. The predicted molar refractivity (Wildman–Crippen MR) is 107 cm³/mol. The van der Waals surface area contributed by atoms with Gasteiger partial charge in [-0.05, 0) is 49.9 Å². The second-order valence-electron chi connectivity index (χ2n) is 7.04. The van der Waals surface area contributed by atoms with Gasteiger partial charge >= 0.3 is 0 Å². The van der Waals surface area contributed by atoms with E-state index in [4.69, 9.17) is 4.99 Å². The monoisotopic (exact) mass is 356 g/mol. The minimum Gasteiger partial charge on any atom is -0.357 e. The summed E-state index contributed by atoms with van der Waals surface area (Å²) in [6.07, 6.45) is 9.11. The van der Waals surface area contributed by atoms with Gasteiger partial charge in [-0.15, -0.1) is 0 Å². The zero-order valence-corrected chi connectivity index (χ0v) is 16.4. The molecule has 2 rings (SSSR count). The third-order valence-electron chi connectivity index (χ3n) is 4.11. The molecule has 0 spiro atoms. The van der Waals surface area contributed by atoms with E-state index in [9.17, 15) is 0 Å². The van der Waals surface area contributed by atoms with Crippen LogP contribution in [0.25, 0.3) is 5.82 Å². The van der Waals surface area contributed by atoms with Crippen LogP contribution < -0.4 is 10.6 Å². The van der Waals surface area contributed by atoms with Gasteiger partial charge in [0.2, 0.25) is 0 Å². The van der Waals surface area contributed by atoms with Gasteiger partial charge in [-0.2, -0.15) is 5.10 Å². The highest BCUT2D eigenvalue weighted by Crippen LogP contribution is 2.09. The number of hydrogen-bond donors (Lipinski definition) is 2. The zero-order valence-electron chi connectivity index (χ0n) is 16.4. The average molecular weight is 357 g/mol. The first-order chi connectivity index (χ1) is 12.6. The van der Waals surface area contributed by atoms with E-state index in [0.29, 0.717) is 12.6 Å². The molecule has 0 fully saturated rings. The Bertz CT molecular complexity index is 663. The van der Waals surface area contributed by atoms with Gasteiger partial charge < -0.3 is 10.6 Å². The van der Waals surface area contributed by atoms with Crippen LogP contribution in [0.5, 0.6) is 0 Å². The number of pyridine rings is 1. The Kier molecular flexibility index (Phi) is 8.12. The fourth-order valence-corrected chi connectivity index (χ4v) is 2.72. The van der Waals surface area contributed by atoms with E-state index in [-0.39, 0.29) is 0 Å². The van der Waals surface area contributed by atoms with Gasteiger partial charge in [0, 0.05) is 31.2 Å². The first-order valence-corrected chi connectivity index (χ1v) is 9.58. The lowest BCUT2D eigenvalue weighted by Gasteiger charge is -2.18. The number of hydrogen-bond acceptors (Lipinski definition) is 3. The Hall–Kier alpha value is -2.37. The molecule has 1 unspecified atom stereocenters. The first-order valence-electron chi connectivity index (χ1n) is 9.58. The second-order valence-corrected chi connectivity index (χ2v) is 7.04. The molecule has 142 valence electrons. The first kappa shape index (κ1) is 19.9. The van der Waals surface area contributed by atoms with Crippen LogP contribution in [0.2, 0.25) is 0 Å². The summed E-state index contributed by atoms with van der Waals surface area (Å²) in [5, 5.41) is 11.1. The van der Waals surface area contributed by atoms with Crippen molar-refractivity contribution in [3.8, 4) is 5.82 Å². The maximum absolute atomic E-state index is 4.73. The lowest BCUT2D eigenvalue weighted by atomic mass is 10.0. The Morgan fingerprint density at radius 1 is 1.23 bits per heavy atom. The highest BCUT2D eigenvalue weighted by atomic mass is 15.3. The molecule has 0 bridgehead atoms. The van der Waals surface area contributed by atoms with Gasteiger partial charge in [0.1, 0.15) is 0 Å². The van der Waals surface area contributed by atoms with Crippen LogP contribution in [0.15, 0.2) is 41.8 Å². The van der Waals surface area contributed by atoms with Crippen molar-refractivity contribution >= 4 is 5.96 Å². The average Bonchev–Trinajstić information content (AvgIpc) is 3.14. The SMILES string of the molecule is CCNC(=NCc1ccnc(-n2cccn2)c1)NC(C)CCCC(C)C. The van der Waals surface area contributed by atoms with E-state index in [1.54, 1.807) is 17.1 Å². The summed E-state index contributed by atoms with van der Waals surface area (Å²) in [6, 6.07) is 6.31. The molecule has 0 aliphatic heterocycles. The number of aromatic nitrogens is 3. The van der Waals surface area contributed by atoms with Gasteiger partial charge in [-0.25, -0.2) is 14.7 Å². The van der Waals surface area contributed by atoms with E-state index in [2.05, 4.69) is 48.4 Å². The molecule has 0 aliphatic carbocycles. The summed E-state index contributed by atoms with van der Waals surface area (Å²) in [4.78, 5) is 9.09. The van der Waals surface area contributed by atoms with Crippen LogP contribution in [-0.2, 0) is 6.54 Å². The summed E-state index contributed by atoms with van der Waals surface area (Å²) in [7, 11) is 0. The van der Waals surface area contributed by atoms with E-state index in [1.165, 1.54) is 12.8 Å². The van der Waals surface area contributed by atoms with Crippen molar-refractivity contribution in [1.29, 1.82) is 0 Å².